The van der Waals surface area contributed by atoms with E-state index in [0.717, 1.165) is 0 Å². The van der Waals surface area contributed by atoms with E-state index in [-0.39, 0.29) is 27.6 Å². The van der Waals surface area contributed by atoms with E-state index in [1.54, 1.807) is 18.2 Å². The highest BCUT2D eigenvalue weighted by atomic mass is 35.5. The van der Waals surface area contributed by atoms with E-state index in [2.05, 4.69) is 15.3 Å². The molecule has 20 heavy (non-hydrogen) atoms. The third-order valence-electron chi connectivity index (χ3n) is 2.40. The van der Waals surface area contributed by atoms with Crippen LogP contribution in [-0.4, -0.2) is 23.0 Å². The van der Waals surface area contributed by atoms with Crippen LogP contribution in [0.1, 0.15) is 10.4 Å². The number of ether oxygens (including phenoxy) is 1. The number of anilines is 2. The number of nitrogens with zero attached hydrogens (tertiary/aromatic N) is 2. The topological polar surface area (TPSA) is 90.1 Å². The molecule has 1 amide bonds. The molecule has 1 heterocycles. The van der Waals surface area contributed by atoms with Crippen LogP contribution >= 0.6 is 23.2 Å². The van der Waals surface area contributed by atoms with Crippen molar-refractivity contribution in [1.29, 1.82) is 0 Å². The van der Waals surface area contributed by atoms with Gasteiger partial charge in [0.05, 0.1) is 18.4 Å². The normalized spacial score (nSPS) is 10.2. The second kappa shape index (κ2) is 5.94. The Bertz CT molecular complexity index is 644. The van der Waals surface area contributed by atoms with Crippen LogP contribution in [0.5, 0.6) is 5.75 Å². The zero-order chi connectivity index (χ0) is 14.7. The highest BCUT2D eigenvalue weighted by Gasteiger charge is 2.15. The monoisotopic (exact) mass is 312 g/mol. The quantitative estimate of drug-likeness (QED) is 0.516. The van der Waals surface area contributed by atoms with Crippen molar-refractivity contribution in [2.75, 3.05) is 18.2 Å². The molecule has 0 saturated heterocycles. The summed E-state index contributed by atoms with van der Waals surface area (Å²) in [5.74, 6) is 0.0284. The molecule has 0 saturated carbocycles. The van der Waals surface area contributed by atoms with Crippen LogP contribution in [0.25, 0.3) is 0 Å². The van der Waals surface area contributed by atoms with Gasteiger partial charge in [0, 0.05) is 6.07 Å². The molecule has 3 N–H and O–H groups in total. The van der Waals surface area contributed by atoms with E-state index >= 15 is 0 Å². The number of nitrogens with one attached hydrogen (secondary N) is 1. The maximum Gasteiger partial charge on any atom is 0.260 e. The number of hydrogen-bond donors (Lipinski definition) is 2. The third-order valence-corrected chi connectivity index (χ3v) is 2.77. The number of carbonyl (C=O) groups is 1. The van der Waals surface area contributed by atoms with Crippen molar-refractivity contribution in [3.05, 3.63) is 40.3 Å². The van der Waals surface area contributed by atoms with Crippen LogP contribution in [0, 0.1) is 0 Å². The Morgan fingerprint density at radius 1 is 1.35 bits per heavy atom. The smallest absolute Gasteiger partial charge is 0.260 e. The van der Waals surface area contributed by atoms with Crippen LogP contribution in [0.15, 0.2) is 24.3 Å². The van der Waals surface area contributed by atoms with Crippen molar-refractivity contribution in [3.8, 4) is 5.75 Å². The summed E-state index contributed by atoms with van der Waals surface area (Å²) in [4.78, 5) is 19.7. The summed E-state index contributed by atoms with van der Waals surface area (Å²) < 4.78 is 5.11. The molecule has 104 valence electrons. The van der Waals surface area contributed by atoms with E-state index < -0.39 is 5.91 Å². The van der Waals surface area contributed by atoms with Crippen LogP contribution in [-0.2, 0) is 0 Å². The van der Waals surface area contributed by atoms with E-state index in [4.69, 9.17) is 33.7 Å². The summed E-state index contributed by atoms with van der Waals surface area (Å²) in [6.45, 7) is 0. The molecule has 2 rings (SSSR count). The molecule has 0 radical (unpaired) electrons. The molecule has 1 aromatic carbocycles. The number of para-hydroxylation sites is 1. The fraction of sp³-hybridized carbons (Fsp3) is 0.0833. The van der Waals surface area contributed by atoms with Gasteiger partial charge < -0.3 is 15.8 Å². The number of amides is 1. The van der Waals surface area contributed by atoms with Crippen LogP contribution < -0.4 is 15.8 Å². The summed E-state index contributed by atoms with van der Waals surface area (Å²) in [5.41, 5.74) is 6.37. The number of rotatable bonds is 3. The molecule has 0 atom stereocenters. The predicted octanol–water partition coefficient (Wildman–Crippen LogP) is 2.63. The van der Waals surface area contributed by atoms with Gasteiger partial charge in [0.25, 0.3) is 5.91 Å². The summed E-state index contributed by atoms with van der Waals surface area (Å²) in [6, 6.07) is 6.24. The Labute approximate surface area is 124 Å². The van der Waals surface area contributed by atoms with E-state index in [9.17, 15) is 4.79 Å². The van der Waals surface area contributed by atoms with Crippen LogP contribution in [0.2, 0.25) is 10.4 Å². The van der Waals surface area contributed by atoms with Crippen molar-refractivity contribution in [1.82, 2.24) is 9.97 Å². The fourth-order valence-electron chi connectivity index (χ4n) is 1.60. The molecule has 0 unspecified atom stereocenters. The number of hydrogen-bond acceptors (Lipinski definition) is 5. The van der Waals surface area contributed by atoms with E-state index in [0.29, 0.717) is 5.69 Å². The number of nitrogen functional groups attached to an aromatic ring is 1. The Kier molecular flexibility index (Phi) is 4.26. The van der Waals surface area contributed by atoms with Gasteiger partial charge in [-0.25, -0.2) is 9.97 Å². The lowest BCUT2D eigenvalue weighted by Crippen LogP contribution is -2.15. The molecule has 0 aliphatic rings. The van der Waals surface area contributed by atoms with Gasteiger partial charge in [-0.05, 0) is 23.7 Å². The number of nitrogens with two attached hydrogens (primary N) is 1. The van der Waals surface area contributed by atoms with Gasteiger partial charge in [-0.3, -0.25) is 4.79 Å². The molecular weight excluding hydrogens is 303 g/mol. The van der Waals surface area contributed by atoms with Crippen molar-refractivity contribution >= 4 is 40.6 Å². The number of methoxy groups -OCH3 is 1. The Balaban J connectivity index is 2.31. The maximum absolute atomic E-state index is 12.2. The van der Waals surface area contributed by atoms with Crippen molar-refractivity contribution in [2.45, 2.75) is 0 Å². The number of halogens is 2. The van der Waals surface area contributed by atoms with Gasteiger partial charge in [-0.1, -0.05) is 17.7 Å². The summed E-state index contributed by atoms with van der Waals surface area (Å²) in [7, 11) is 1.43. The average molecular weight is 313 g/mol. The first-order valence-electron chi connectivity index (χ1n) is 5.45. The first-order valence-corrected chi connectivity index (χ1v) is 6.20. The van der Waals surface area contributed by atoms with Gasteiger partial charge >= 0.3 is 0 Å². The second-order valence-corrected chi connectivity index (χ2v) is 4.45. The van der Waals surface area contributed by atoms with E-state index in [1.807, 2.05) is 0 Å². The minimum atomic E-state index is -0.444. The maximum atomic E-state index is 12.2. The SMILES string of the molecule is COc1c(N)cccc1C(=O)Nc1cc(Cl)nc(Cl)n1. The fourth-order valence-corrected chi connectivity index (χ4v) is 2.01. The van der Waals surface area contributed by atoms with Crippen molar-refractivity contribution in [3.63, 3.8) is 0 Å². The summed E-state index contributed by atoms with van der Waals surface area (Å²) in [6.07, 6.45) is 0. The zero-order valence-electron chi connectivity index (χ0n) is 10.4. The Morgan fingerprint density at radius 2 is 2.10 bits per heavy atom. The number of benzene rings is 1. The molecule has 0 fully saturated rings. The molecule has 0 aliphatic carbocycles. The first kappa shape index (κ1) is 14.4. The first-order chi connectivity index (χ1) is 9.51. The third kappa shape index (κ3) is 3.09. The molecule has 0 spiro atoms. The highest BCUT2D eigenvalue weighted by molar-refractivity contribution is 6.32. The average Bonchev–Trinajstić information content (AvgIpc) is 2.37. The Morgan fingerprint density at radius 3 is 2.75 bits per heavy atom. The second-order valence-electron chi connectivity index (χ2n) is 3.73. The summed E-state index contributed by atoms with van der Waals surface area (Å²) in [5, 5.41) is 2.61. The van der Waals surface area contributed by atoms with Gasteiger partial charge in [0.15, 0.2) is 5.75 Å². The standard InChI is InChI=1S/C12H10Cl2N4O2/c1-20-10-6(3-2-4-7(10)15)11(19)17-9-5-8(13)16-12(14)18-9/h2-5H,15H2,1H3,(H,16,17,18,19). The van der Waals surface area contributed by atoms with Gasteiger partial charge in [0.2, 0.25) is 5.28 Å². The van der Waals surface area contributed by atoms with Crippen LogP contribution in [0.3, 0.4) is 0 Å². The lowest BCUT2D eigenvalue weighted by Gasteiger charge is -2.11. The lowest BCUT2D eigenvalue weighted by atomic mass is 10.1. The Hall–Kier alpha value is -2.05. The largest absolute Gasteiger partial charge is 0.494 e. The number of aromatic nitrogens is 2. The van der Waals surface area contributed by atoms with Crippen LogP contribution in [0.4, 0.5) is 11.5 Å². The molecule has 0 bridgehead atoms. The van der Waals surface area contributed by atoms with Gasteiger partial charge in [-0.15, -0.1) is 0 Å². The van der Waals surface area contributed by atoms with Gasteiger partial charge in [0.1, 0.15) is 11.0 Å². The minimum absolute atomic E-state index is 0.0626. The van der Waals surface area contributed by atoms with Crippen molar-refractivity contribution in [2.24, 2.45) is 0 Å². The molecule has 8 heteroatoms. The molecular formula is C12H10Cl2N4O2. The minimum Gasteiger partial charge on any atom is -0.494 e. The van der Waals surface area contributed by atoms with Gasteiger partial charge in [-0.2, -0.15) is 0 Å². The lowest BCUT2D eigenvalue weighted by molar-refractivity contribution is 0.102. The molecule has 6 nitrogen and oxygen atoms in total. The summed E-state index contributed by atoms with van der Waals surface area (Å²) >= 11 is 11.4. The molecule has 2 aromatic rings. The number of carbonyl (C=O) groups excluding carboxylic acids is 1. The zero-order valence-corrected chi connectivity index (χ0v) is 11.9. The molecule has 0 aliphatic heterocycles. The molecule has 1 aromatic heterocycles. The predicted molar refractivity (Wildman–Crippen MR) is 77.4 cm³/mol. The highest BCUT2D eigenvalue weighted by Crippen LogP contribution is 2.26. The van der Waals surface area contributed by atoms with Crippen molar-refractivity contribution < 1.29 is 9.53 Å². The van der Waals surface area contributed by atoms with E-state index in [1.165, 1.54) is 13.2 Å².